The normalized spacial score (nSPS) is 11.6. The van der Waals surface area contributed by atoms with Gasteiger partial charge in [-0.15, -0.1) is 0 Å². The minimum atomic E-state index is 0.549. The molecule has 3 aromatic heterocycles. The molecule has 3 heterocycles. The highest BCUT2D eigenvalue weighted by Crippen LogP contribution is 2.43. The summed E-state index contributed by atoms with van der Waals surface area (Å²) in [4.78, 5) is 15.6. The van der Waals surface area contributed by atoms with Gasteiger partial charge in [0, 0.05) is 38.2 Å². The van der Waals surface area contributed by atoms with E-state index in [0.717, 1.165) is 88.3 Å². The van der Waals surface area contributed by atoms with Crippen molar-refractivity contribution in [2.75, 3.05) is 0 Å². The van der Waals surface area contributed by atoms with Crippen molar-refractivity contribution in [3.05, 3.63) is 194 Å². The SMILES string of the molecule is c1ccc(-c2ccc(-c3nc(-c4ccccc4)nc(-n4c5ccccc5c5cccc(-c6cc(-c7ccccc7)c7c(c6)oc6ccccc67)c54)n3)cc2)cc1. The summed E-state index contributed by atoms with van der Waals surface area (Å²) in [6, 6.07) is 67.4. The van der Waals surface area contributed by atoms with Crippen molar-refractivity contribution in [2.45, 2.75) is 0 Å². The fourth-order valence-electron chi connectivity index (χ4n) is 8.07. The van der Waals surface area contributed by atoms with Crippen molar-refractivity contribution in [3.63, 3.8) is 0 Å². The minimum Gasteiger partial charge on any atom is -0.456 e. The quantitative estimate of drug-likeness (QED) is 0.172. The summed E-state index contributed by atoms with van der Waals surface area (Å²) in [6.45, 7) is 0. The molecule has 0 unspecified atom stereocenters. The maximum atomic E-state index is 6.59. The Morgan fingerprint density at radius 3 is 1.64 bits per heavy atom. The minimum absolute atomic E-state index is 0.549. The van der Waals surface area contributed by atoms with E-state index in [2.05, 4.69) is 150 Å². The lowest BCUT2D eigenvalue weighted by Crippen LogP contribution is -2.07. The lowest BCUT2D eigenvalue weighted by molar-refractivity contribution is 0.669. The number of fused-ring (bicyclic) bond motifs is 6. The van der Waals surface area contributed by atoms with E-state index in [4.69, 9.17) is 19.4 Å². The Bertz CT molecular complexity index is 3220. The van der Waals surface area contributed by atoms with E-state index in [1.807, 2.05) is 48.5 Å². The number of furan rings is 1. The summed E-state index contributed by atoms with van der Waals surface area (Å²) in [6.07, 6.45) is 0. The Hall–Kier alpha value is -7.63. The topological polar surface area (TPSA) is 56.7 Å². The predicted octanol–water partition coefficient (Wildman–Crippen LogP) is 13.2. The monoisotopic (exact) mass is 716 g/mol. The molecule has 0 spiro atoms. The Morgan fingerprint density at radius 1 is 0.357 bits per heavy atom. The number of para-hydroxylation sites is 3. The molecular weight excluding hydrogens is 685 g/mol. The van der Waals surface area contributed by atoms with Gasteiger partial charge in [0.1, 0.15) is 11.2 Å². The molecular formula is C51H32N4O. The molecule has 5 nitrogen and oxygen atoms in total. The van der Waals surface area contributed by atoms with Crippen LogP contribution in [0.15, 0.2) is 199 Å². The molecule has 0 bridgehead atoms. The summed E-state index contributed by atoms with van der Waals surface area (Å²) in [5.74, 6) is 1.76. The fraction of sp³-hybridized carbons (Fsp3) is 0. The number of benzene rings is 8. The second-order valence-electron chi connectivity index (χ2n) is 14.0. The van der Waals surface area contributed by atoms with Gasteiger partial charge >= 0.3 is 0 Å². The highest BCUT2D eigenvalue weighted by molar-refractivity contribution is 6.17. The second-order valence-corrected chi connectivity index (χ2v) is 14.0. The first-order valence-electron chi connectivity index (χ1n) is 18.8. The first-order chi connectivity index (χ1) is 27.8. The summed E-state index contributed by atoms with van der Waals surface area (Å²) in [5, 5.41) is 4.44. The van der Waals surface area contributed by atoms with E-state index in [1.165, 1.54) is 0 Å². The van der Waals surface area contributed by atoms with E-state index >= 15 is 0 Å². The molecule has 0 aliphatic rings. The Morgan fingerprint density at radius 2 is 0.911 bits per heavy atom. The second kappa shape index (κ2) is 13.0. The van der Waals surface area contributed by atoms with Crippen molar-refractivity contribution in [2.24, 2.45) is 0 Å². The number of hydrogen-bond acceptors (Lipinski definition) is 4. The zero-order valence-electron chi connectivity index (χ0n) is 30.2. The zero-order chi connectivity index (χ0) is 37.0. The molecule has 0 N–H and O–H groups in total. The maximum absolute atomic E-state index is 6.59. The first kappa shape index (κ1) is 31.9. The van der Waals surface area contributed by atoms with Crippen molar-refractivity contribution in [1.29, 1.82) is 0 Å². The summed E-state index contributed by atoms with van der Waals surface area (Å²) >= 11 is 0. The molecule has 0 aliphatic heterocycles. The summed E-state index contributed by atoms with van der Waals surface area (Å²) in [7, 11) is 0. The highest BCUT2D eigenvalue weighted by Gasteiger charge is 2.22. The van der Waals surface area contributed by atoms with Crippen LogP contribution in [0.4, 0.5) is 0 Å². The van der Waals surface area contributed by atoms with E-state index < -0.39 is 0 Å². The van der Waals surface area contributed by atoms with Crippen molar-refractivity contribution in [3.8, 4) is 62.1 Å². The molecule has 0 saturated heterocycles. The summed E-state index contributed by atoms with van der Waals surface area (Å²) < 4.78 is 8.80. The van der Waals surface area contributed by atoms with Crippen LogP contribution in [-0.2, 0) is 0 Å². The Balaban J connectivity index is 1.18. The predicted molar refractivity (Wildman–Crippen MR) is 229 cm³/mol. The summed E-state index contributed by atoms with van der Waals surface area (Å²) in [5.41, 5.74) is 12.2. The van der Waals surface area contributed by atoms with E-state index in [0.29, 0.717) is 17.6 Å². The maximum Gasteiger partial charge on any atom is 0.238 e. The molecule has 8 aromatic carbocycles. The van der Waals surface area contributed by atoms with E-state index in [1.54, 1.807) is 0 Å². The molecule has 0 amide bonds. The molecule has 11 aromatic rings. The molecule has 262 valence electrons. The standard InChI is InChI=1S/C51H32N4O/c1-4-15-33(16-5-1)34-27-29-37(30-28-34)50-52-49(36-19-8-3-9-20-36)53-51(54-50)55-44-25-12-10-21-40(44)41-24-14-23-39(48(41)55)38-31-43(35-17-6-2-7-18-35)47-42-22-11-13-26-45(42)56-46(47)32-38/h1-32H. The highest BCUT2D eigenvalue weighted by atomic mass is 16.3. The van der Waals surface area contributed by atoms with Crippen LogP contribution in [0.1, 0.15) is 0 Å². The van der Waals surface area contributed by atoms with Crippen LogP contribution >= 0.6 is 0 Å². The molecule has 0 saturated carbocycles. The average Bonchev–Trinajstić information content (AvgIpc) is 3.83. The van der Waals surface area contributed by atoms with Gasteiger partial charge in [0.15, 0.2) is 11.6 Å². The van der Waals surface area contributed by atoms with Crippen LogP contribution in [0, 0.1) is 0 Å². The third kappa shape index (κ3) is 5.29. The van der Waals surface area contributed by atoms with E-state index in [9.17, 15) is 0 Å². The van der Waals surface area contributed by atoms with Crippen molar-refractivity contribution < 1.29 is 4.42 Å². The van der Waals surface area contributed by atoms with Gasteiger partial charge in [-0.25, -0.2) is 4.98 Å². The van der Waals surface area contributed by atoms with Crippen molar-refractivity contribution >= 4 is 43.7 Å². The van der Waals surface area contributed by atoms with Crippen LogP contribution in [-0.4, -0.2) is 19.5 Å². The zero-order valence-corrected chi connectivity index (χ0v) is 30.2. The smallest absolute Gasteiger partial charge is 0.238 e. The van der Waals surface area contributed by atoms with Gasteiger partial charge < -0.3 is 4.42 Å². The van der Waals surface area contributed by atoms with Gasteiger partial charge in [-0.2, -0.15) is 9.97 Å². The molecule has 0 fully saturated rings. The van der Waals surface area contributed by atoms with Crippen LogP contribution in [0.5, 0.6) is 0 Å². The average molecular weight is 717 g/mol. The third-order valence-electron chi connectivity index (χ3n) is 10.7. The van der Waals surface area contributed by atoms with Crippen LogP contribution in [0.2, 0.25) is 0 Å². The van der Waals surface area contributed by atoms with Gasteiger partial charge in [-0.1, -0.05) is 170 Å². The van der Waals surface area contributed by atoms with E-state index in [-0.39, 0.29) is 0 Å². The van der Waals surface area contributed by atoms with Crippen molar-refractivity contribution in [1.82, 2.24) is 19.5 Å². The Kier molecular flexibility index (Phi) is 7.42. The van der Waals surface area contributed by atoms with Crippen LogP contribution < -0.4 is 0 Å². The molecule has 11 rings (SSSR count). The first-order valence-corrected chi connectivity index (χ1v) is 18.8. The Labute approximate surface area is 322 Å². The lowest BCUT2D eigenvalue weighted by Gasteiger charge is -2.14. The molecule has 0 atom stereocenters. The van der Waals surface area contributed by atoms with Gasteiger partial charge in [-0.05, 0) is 52.1 Å². The van der Waals surface area contributed by atoms with Gasteiger partial charge in [0.2, 0.25) is 5.95 Å². The lowest BCUT2D eigenvalue weighted by atomic mass is 9.93. The number of nitrogens with zero attached hydrogens (tertiary/aromatic N) is 4. The largest absolute Gasteiger partial charge is 0.456 e. The van der Waals surface area contributed by atoms with Crippen LogP contribution in [0.25, 0.3) is 106 Å². The van der Waals surface area contributed by atoms with Crippen LogP contribution in [0.3, 0.4) is 0 Å². The molecule has 0 aliphatic carbocycles. The molecule has 0 radical (unpaired) electrons. The number of rotatable bonds is 6. The molecule has 56 heavy (non-hydrogen) atoms. The van der Waals surface area contributed by atoms with Gasteiger partial charge in [0.05, 0.1) is 11.0 Å². The number of hydrogen-bond donors (Lipinski definition) is 0. The third-order valence-corrected chi connectivity index (χ3v) is 10.7. The fourth-order valence-corrected chi connectivity index (χ4v) is 8.07. The van der Waals surface area contributed by atoms with Gasteiger partial charge in [0.25, 0.3) is 0 Å². The number of aromatic nitrogens is 4. The molecule has 5 heteroatoms. The van der Waals surface area contributed by atoms with Gasteiger partial charge in [-0.3, -0.25) is 4.57 Å².